The summed E-state index contributed by atoms with van der Waals surface area (Å²) in [5, 5.41) is 0. The van der Waals surface area contributed by atoms with Crippen molar-refractivity contribution in [2.24, 2.45) is 0 Å². The minimum atomic E-state index is -0.422. The van der Waals surface area contributed by atoms with Gasteiger partial charge >= 0.3 is 5.97 Å². The molecule has 0 spiro atoms. The Balaban J connectivity index is 2.76. The number of carbonyl (C=O) groups excluding carboxylic acids is 2. The Bertz CT molecular complexity index is 405. The van der Waals surface area contributed by atoms with E-state index in [1.165, 1.54) is 23.3 Å². The predicted octanol–water partition coefficient (Wildman–Crippen LogP) is 2.43. The van der Waals surface area contributed by atoms with E-state index < -0.39 is 5.97 Å². The third-order valence-corrected chi connectivity index (χ3v) is 3.33. The third kappa shape index (κ3) is 4.02. The van der Waals surface area contributed by atoms with E-state index in [2.05, 4.69) is 4.74 Å². The predicted molar refractivity (Wildman–Crippen MR) is 67.5 cm³/mol. The maximum atomic E-state index is 12.1. The zero-order chi connectivity index (χ0) is 12.8. The van der Waals surface area contributed by atoms with Gasteiger partial charge in [0, 0.05) is 6.54 Å². The molecular weight excluding hydrogens is 262 g/mol. The Hall–Kier alpha value is -1.07. The molecule has 1 aromatic heterocycles. The van der Waals surface area contributed by atoms with Crippen LogP contribution in [0.15, 0.2) is 12.1 Å². The van der Waals surface area contributed by atoms with Crippen molar-refractivity contribution in [2.45, 2.75) is 13.3 Å². The Morgan fingerprint density at radius 1 is 1.47 bits per heavy atom. The zero-order valence-electron chi connectivity index (χ0n) is 9.73. The van der Waals surface area contributed by atoms with Crippen molar-refractivity contribution < 1.29 is 14.3 Å². The van der Waals surface area contributed by atoms with Crippen molar-refractivity contribution in [3.05, 3.63) is 21.3 Å². The van der Waals surface area contributed by atoms with Gasteiger partial charge in [-0.15, -0.1) is 11.3 Å². The van der Waals surface area contributed by atoms with Gasteiger partial charge in [-0.25, -0.2) is 0 Å². The number of hydrogen-bond donors (Lipinski definition) is 0. The van der Waals surface area contributed by atoms with Crippen LogP contribution >= 0.6 is 22.9 Å². The van der Waals surface area contributed by atoms with Crippen LogP contribution in [-0.2, 0) is 9.53 Å². The number of hydrogen-bond acceptors (Lipinski definition) is 4. The second kappa shape index (κ2) is 6.61. The van der Waals surface area contributed by atoms with Crippen LogP contribution in [0.1, 0.15) is 23.0 Å². The smallest absolute Gasteiger partial charge is 0.325 e. The first-order chi connectivity index (χ1) is 8.08. The number of nitrogens with zero attached hydrogens (tertiary/aromatic N) is 1. The normalized spacial score (nSPS) is 10.1. The number of rotatable bonds is 5. The summed E-state index contributed by atoms with van der Waals surface area (Å²) in [6.07, 6.45) is 0.780. The summed E-state index contributed by atoms with van der Waals surface area (Å²) in [5.41, 5.74) is 0. The lowest BCUT2D eigenvalue weighted by Crippen LogP contribution is -2.36. The van der Waals surface area contributed by atoms with E-state index in [-0.39, 0.29) is 12.5 Å². The highest BCUT2D eigenvalue weighted by molar-refractivity contribution is 7.17. The molecule has 0 aliphatic carbocycles. The number of ether oxygens (including phenoxy) is 1. The second-order valence-electron chi connectivity index (χ2n) is 3.41. The molecule has 0 fully saturated rings. The van der Waals surface area contributed by atoms with Crippen molar-refractivity contribution in [2.75, 3.05) is 20.2 Å². The highest BCUT2D eigenvalue weighted by Gasteiger charge is 2.19. The lowest BCUT2D eigenvalue weighted by molar-refractivity contribution is -0.141. The van der Waals surface area contributed by atoms with Gasteiger partial charge in [-0.3, -0.25) is 9.59 Å². The van der Waals surface area contributed by atoms with Gasteiger partial charge in [0.2, 0.25) is 0 Å². The number of esters is 1. The van der Waals surface area contributed by atoms with Crippen LogP contribution in [0.2, 0.25) is 4.34 Å². The third-order valence-electron chi connectivity index (χ3n) is 2.11. The summed E-state index contributed by atoms with van der Waals surface area (Å²) in [7, 11) is 1.30. The summed E-state index contributed by atoms with van der Waals surface area (Å²) in [5.74, 6) is -0.608. The summed E-state index contributed by atoms with van der Waals surface area (Å²) >= 11 is 6.98. The lowest BCUT2D eigenvalue weighted by atomic mass is 10.3. The molecule has 6 heteroatoms. The van der Waals surface area contributed by atoms with Crippen LogP contribution in [0.4, 0.5) is 0 Å². The van der Waals surface area contributed by atoms with Gasteiger partial charge in [-0.1, -0.05) is 18.5 Å². The van der Waals surface area contributed by atoms with Gasteiger partial charge in [0.15, 0.2) is 0 Å². The molecule has 0 atom stereocenters. The molecule has 0 saturated carbocycles. The van der Waals surface area contributed by atoms with E-state index in [9.17, 15) is 9.59 Å². The average molecular weight is 276 g/mol. The minimum absolute atomic E-state index is 0.0291. The van der Waals surface area contributed by atoms with E-state index in [4.69, 9.17) is 11.6 Å². The standard InChI is InChI=1S/C11H14ClNO3S/c1-3-6-13(7-10(14)16-2)11(15)8-4-5-9(12)17-8/h4-5H,3,6-7H2,1-2H3. The van der Waals surface area contributed by atoms with Gasteiger partial charge in [-0.05, 0) is 18.6 Å². The van der Waals surface area contributed by atoms with Crippen molar-refractivity contribution in [1.29, 1.82) is 0 Å². The maximum absolute atomic E-state index is 12.1. The Morgan fingerprint density at radius 2 is 2.18 bits per heavy atom. The molecule has 1 rings (SSSR count). The number of carbonyl (C=O) groups is 2. The number of amides is 1. The first-order valence-electron chi connectivity index (χ1n) is 5.20. The van der Waals surface area contributed by atoms with E-state index in [0.29, 0.717) is 15.8 Å². The largest absolute Gasteiger partial charge is 0.468 e. The summed E-state index contributed by atoms with van der Waals surface area (Å²) in [6.45, 7) is 2.43. The fraction of sp³-hybridized carbons (Fsp3) is 0.455. The molecule has 0 bridgehead atoms. The Labute approximate surface area is 109 Å². The van der Waals surface area contributed by atoms with Gasteiger partial charge in [0.05, 0.1) is 16.3 Å². The molecule has 1 heterocycles. The molecule has 1 amide bonds. The zero-order valence-corrected chi connectivity index (χ0v) is 11.3. The van der Waals surface area contributed by atoms with Crippen molar-refractivity contribution in [1.82, 2.24) is 4.90 Å². The van der Waals surface area contributed by atoms with Gasteiger partial charge < -0.3 is 9.64 Å². The monoisotopic (exact) mass is 275 g/mol. The van der Waals surface area contributed by atoms with Gasteiger partial charge in [0.1, 0.15) is 6.54 Å². The Kier molecular flexibility index (Phi) is 5.44. The average Bonchev–Trinajstić information content (AvgIpc) is 2.74. The molecule has 17 heavy (non-hydrogen) atoms. The molecule has 0 N–H and O–H groups in total. The van der Waals surface area contributed by atoms with Crippen LogP contribution in [0, 0.1) is 0 Å². The molecule has 94 valence electrons. The molecule has 0 radical (unpaired) electrons. The number of methoxy groups -OCH3 is 1. The second-order valence-corrected chi connectivity index (χ2v) is 5.12. The molecule has 4 nitrogen and oxygen atoms in total. The fourth-order valence-corrected chi connectivity index (χ4v) is 2.34. The van der Waals surface area contributed by atoms with Crippen LogP contribution in [0.3, 0.4) is 0 Å². The lowest BCUT2D eigenvalue weighted by Gasteiger charge is -2.19. The van der Waals surface area contributed by atoms with Crippen LogP contribution in [-0.4, -0.2) is 37.0 Å². The van der Waals surface area contributed by atoms with Gasteiger partial charge in [0.25, 0.3) is 5.91 Å². The van der Waals surface area contributed by atoms with E-state index >= 15 is 0 Å². The number of halogens is 1. The Morgan fingerprint density at radius 3 is 2.65 bits per heavy atom. The first kappa shape index (κ1) is 14.0. The molecule has 1 aromatic rings. The first-order valence-corrected chi connectivity index (χ1v) is 6.39. The topological polar surface area (TPSA) is 46.6 Å². The van der Waals surface area contributed by atoms with Crippen LogP contribution < -0.4 is 0 Å². The summed E-state index contributed by atoms with van der Waals surface area (Å²) in [6, 6.07) is 3.33. The van der Waals surface area contributed by atoms with Crippen molar-refractivity contribution in [3.8, 4) is 0 Å². The molecule has 0 saturated heterocycles. The summed E-state index contributed by atoms with van der Waals surface area (Å²) < 4.78 is 5.12. The van der Waals surface area contributed by atoms with Gasteiger partial charge in [-0.2, -0.15) is 0 Å². The molecular formula is C11H14ClNO3S. The summed E-state index contributed by atoms with van der Waals surface area (Å²) in [4.78, 5) is 25.3. The molecule has 0 aromatic carbocycles. The van der Waals surface area contributed by atoms with E-state index in [0.717, 1.165) is 6.42 Å². The molecule has 0 aliphatic heterocycles. The molecule has 0 unspecified atom stereocenters. The van der Waals surface area contributed by atoms with E-state index in [1.807, 2.05) is 6.92 Å². The van der Waals surface area contributed by atoms with E-state index in [1.54, 1.807) is 12.1 Å². The SMILES string of the molecule is CCCN(CC(=O)OC)C(=O)c1ccc(Cl)s1. The fourth-order valence-electron chi connectivity index (χ4n) is 1.33. The van der Waals surface area contributed by atoms with Crippen molar-refractivity contribution in [3.63, 3.8) is 0 Å². The maximum Gasteiger partial charge on any atom is 0.325 e. The van der Waals surface area contributed by atoms with Crippen LogP contribution in [0.25, 0.3) is 0 Å². The van der Waals surface area contributed by atoms with Crippen LogP contribution in [0.5, 0.6) is 0 Å². The minimum Gasteiger partial charge on any atom is -0.468 e. The van der Waals surface area contributed by atoms with Crippen molar-refractivity contribution >= 4 is 34.8 Å². The number of thiophene rings is 1. The molecule has 0 aliphatic rings. The highest BCUT2D eigenvalue weighted by Crippen LogP contribution is 2.22. The highest BCUT2D eigenvalue weighted by atomic mass is 35.5. The quantitative estimate of drug-likeness (QED) is 0.776.